The Kier molecular flexibility index (Phi) is 4.10. The second-order valence-electron chi connectivity index (χ2n) is 4.46. The third-order valence-corrected chi connectivity index (χ3v) is 2.85. The standard InChI is InChI=1S/C15H15N3O2/c1-10-2-4-11(5-3-10)8-18-15(20)13-7-6-12(9-17-13)14(16)19/h2-7,9H,8H2,1H3,(H2,16,19)(H,18,20). The molecule has 0 aliphatic heterocycles. The molecule has 0 aliphatic carbocycles. The first kappa shape index (κ1) is 13.7. The number of aryl methyl sites for hydroxylation is 1. The number of amides is 2. The van der Waals surface area contributed by atoms with E-state index in [2.05, 4.69) is 10.3 Å². The maximum absolute atomic E-state index is 11.9. The van der Waals surface area contributed by atoms with Crippen molar-refractivity contribution in [1.29, 1.82) is 0 Å². The highest BCUT2D eigenvalue weighted by Crippen LogP contribution is 2.04. The average molecular weight is 269 g/mol. The molecule has 0 aliphatic rings. The van der Waals surface area contributed by atoms with Gasteiger partial charge >= 0.3 is 0 Å². The number of nitrogens with zero attached hydrogens (tertiary/aromatic N) is 1. The number of nitrogens with one attached hydrogen (secondary N) is 1. The second-order valence-corrected chi connectivity index (χ2v) is 4.46. The SMILES string of the molecule is Cc1ccc(CNC(=O)c2ccc(C(N)=O)cn2)cc1. The lowest BCUT2D eigenvalue weighted by Crippen LogP contribution is -2.24. The van der Waals surface area contributed by atoms with Gasteiger partial charge in [0.2, 0.25) is 5.91 Å². The number of nitrogens with two attached hydrogens (primary N) is 1. The van der Waals surface area contributed by atoms with Crippen LogP contribution in [0.3, 0.4) is 0 Å². The summed E-state index contributed by atoms with van der Waals surface area (Å²) in [5.41, 5.74) is 7.82. The Morgan fingerprint density at radius 1 is 1.15 bits per heavy atom. The Labute approximate surface area is 116 Å². The number of carbonyl (C=O) groups excluding carboxylic acids is 2. The highest BCUT2D eigenvalue weighted by atomic mass is 16.2. The van der Waals surface area contributed by atoms with E-state index in [1.54, 1.807) is 0 Å². The molecule has 5 nitrogen and oxygen atoms in total. The summed E-state index contributed by atoms with van der Waals surface area (Å²) in [4.78, 5) is 26.7. The topological polar surface area (TPSA) is 85.1 Å². The predicted octanol–water partition coefficient (Wildman–Crippen LogP) is 1.42. The van der Waals surface area contributed by atoms with E-state index in [0.717, 1.165) is 5.56 Å². The quantitative estimate of drug-likeness (QED) is 0.880. The van der Waals surface area contributed by atoms with E-state index >= 15 is 0 Å². The van der Waals surface area contributed by atoms with E-state index in [-0.39, 0.29) is 17.2 Å². The average Bonchev–Trinajstić information content (AvgIpc) is 2.46. The number of pyridine rings is 1. The summed E-state index contributed by atoms with van der Waals surface area (Å²) in [6, 6.07) is 10.8. The molecule has 20 heavy (non-hydrogen) atoms. The molecule has 0 radical (unpaired) electrons. The number of hydrogen-bond donors (Lipinski definition) is 2. The zero-order valence-corrected chi connectivity index (χ0v) is 11.1. The fraction of sp³-hybridized carbons (Fsp3) is 0.133. The zero-order chi connectivity index (χ0) is 14.5. The molecule has 102 valence electrons. The summed E-state index contributed by atoms with van der Waals surface area (Å²) in [5, 5.41) is 2.77. The summed E-state index contributed by atoms with van der Waals surface area (Å²) in [6.45, 7) is 2.44. The van der Waals surface area contributed by atoms with Gasteiger partial charge in [-0.25, -0.2) is 0 Å². The van der Waals surface area contributed by atoms with Gasteiger partial charge in [0, 0.05) is 12.7 Å². The Balaban J connectivity index is 1.97. The second kappa shape index (κ2) is 5.97. The van der Waals surface area contributed by atoms with Gasteiger partial charge in [0.25, 0.3) is 5.91 Å². The molecule has 1 aromatic carbocycles. The number of benzene rings is 1. The van der Waals surface area contributed by atoms with Crippen molar-refractivity contribution in [2.45, 2.75) is 13.5 Å². The van der Waals surface area contributed by atoms with Crippen molar-refractivity contribution in [3.8, 4) is 0 Å². The van der Waals surface area contributed by atoms with Crippen LogP contribution in [0.25, 0.3) is 0 Å². The molecule has 1 heterocycles. The van der Waals surface area contributed by atoms with Crippen molar-refractivity contribution in [3.63, 3.8) is 0 Å². The van der Waals surface area contributed by atoms with Crippen LogP contribution in [-0.4, -0.2) is 16.8 Å². The molecule has 5 heteroatoms. The van der Waals surface area contributed by atoms with Crippen molar-refractivity contribution in [3.05, 3.63) is 65.0 Å². The van der Waals surface area contributed by atoms with E-state index in [9.17, 15) is 9.59 Å². The summed E-state index contributed by atoms with van der Waals surface area (Å²) >= 11 is 0. The Morgan fingerprint density at radius 3 is 2.40 bits per heavy atom. The molecule has 2 aromatic rings. The normalized spacial score (nSPS) is 10.1. The fourth-order valence-corrected chi connectivity index (χ4v) is 1.65. The maximum atomic E-state index is 11.9. The molecule has 3 N–H and O–H groups in total. The Bertz CT molecular complexity index is 619. The monoisotopic (exact) mass is 269 g/mol. The molecule has 0 bridgehead atoms. The van der Waals surface area contributed by atoms with Crippen LogP contribution in [0.5, 0.6) is 0 Å². The number of carbonyl (C=O) groups is 2. The van der Waals surface area contributed by atoms with Crippen LogP contribution in [0.2, 0.25) is 0 Å². The van der Waals surface area contributed by atoms with Crippen LogP contribution < -0.4 is 11.1 Å². The first-order valence-electron chi connectivity index (χ1n) is 6.16. The molecule has 0 saturated carbocycles. The van der Waals surface area contributed by atoms with Crippen LogP contribution in [-0.2, 0) is 6.54 Å². The molecule has 0 spiro atoms. The summed E-state index contributed by atoms with van der Waals surface area (Å²) in [6.07, 6.45) is 1.29. The molecular weight excluding hydrogens is 254 g/mol. The smallest absolute Gasteiger partial charge is 0.270 e. The minimum atomic E-state index is -0.566. The third-order valence-electron chi connectivity index (χ3n) is 2.85. The molecular formula is C15H15N3O2. The number of aromatic nitrogens is 1. The van der Waals surface area contributed by atoms with Crippen LogP contribution in [0.4, 0.5) is 0 Å². The third kappa shape index (κ3) is 3.41. The van der Waals surface area contributed by atoms with Crippen molar-refractivity contribution in [1.82, 2.24) is 10.3 Å². The van der Waals surface area contributed by atoms with Crippen molar-refractivity contribution >= 4 is 11.8 Å². The zero-order valence-electron chi connectivity index (χ0n) is 11.1. The molecule has 2 rings (SSSR count). The van der Waals surface area contributed by atoms with Gasteiger partial charge in [0.1, 0.15) is 5.69 Å². The van der Waals surface area contributed by atoms with Gasteiger partial charge in [-0.3, -0.25) is 14.6 Å². The van der Waals surface area contributed by atoms with E-state index in [4.69, 9.17) is 5.73 Å². The molecule has 2 amide bonds. The molecule has 0 atom stereocenters. The van der Waals surface area contributed by atoms with E-state index in [1.807, 2.05) is 31.2 Å². The van der Waals surface area contributed by atoms with Gasteiger partial charge < -0.3 is 11.1 Å². The first-order chi connectivity index (χ1) is 9.56. The fourth-order valence-electron chi connectivity index (χ4n) is 1.65. The van der Waals surface area contributed by atoms with Crippen LogP contribution in [0.1, 0.15) is 32.0 Å². The lowest BCUT2D eigenvalue weighted by atomic mass is 10.1. The lowest BCUT2D eigenvalue weighted by Gasteiger charge is -2.05. The van der Waals surface area contributed by atoms with E-state index < -0.39 is 5.91 Å². The largest absolute Gasteiger partial charge is 0.366 e. The van der Waals surface area contributed by atoms with E-state index in [1.165, 1.54) is 23.9 Å². The van der Waals surface area contributed by atoms with E-state index in [0.29, 0.717) is 6.54 Å². The van der Waals surface area contributed by atoms with Crippen molar-refractivity contribution in [2.75, 3.05) is 0 Å². The van der Waals surface area contributed by atoms with Gasteiger partial charge in [-0.15, -0.1) is 0 Å². The van der Waals surface area contributed by atoms with Crippen molar-refractivity contribution in [2.24, 2.45) is 5.73 Å². The van der Waals surface area contributed by atoms with Gasteiger partial charge in [-0.2, -0.15) is 0 Å². The van der Waals surface area contributed by atoms with Crippen LogP contribution in [0, 0.1) is 6.92 Å². The van der Waals surface area contributed by atoms with Gasteiger partial charge in [-0.05, 0) is 24.6 Å². The lowest BCUT2D eigenvalue weighted by molar-refractivity contribution is 0.0943. The maximum Gasteiger partial charge on any atom is 0.270 e. The molecule has 0 unspecified atom stereocenters. The minimum absolute atomic E-state index is 0.252. The molecule has 0 fully saturated rings. The number of primary amides is 1. The highest BCUT2D eigenvalue weighted by Gasteiger charge is 2.08. The Morgan fingerprint density at radius 2 is 1.85 bits per heavy atom. The summed E-state index contributed by atoms with van der Waals surface area (Å²) < 4.78 is 0. The summed E-state index contributed by atoms with van der Waals surface area (Å²) in [7, 11) is 0. The van der Waals surface area contributed by atoms with Gasteiger partial charge in [0.15, 0.2) is 0 Å². The van der Waals surface area contributed by atoms with Crippen LogP contribution >= 0.6 is 0 Å². The summed E-state index contributed by atoms with van der Waals surface area (Å²) in [5.74, 6) is -0.856. The predicted molar refractivity (Wildman–Crippen MR) is 75.1 cm³/mol. The molecule has 0 saturated heterocycles. The van der Waals surface area contributed by atoms with Crippen LogP contribution in [0.15, 0.2) is 42.6 Å². The van der Waals surface area contributed by atoms with Gasteiger partial charge in [-0.1, -0.05) is 29.8 Å². The first-order valence-corrected chi connectivity index (χ1v) is 6.16. The molecule has 1 aromatic heterocycles. The highest BCUT2D eigenvalue weighted by molar-refractivity contribution is 5.95. The Hall–Kier alpha value is -2.69. The number of hydrogen-bond acceptors (Lipinski definition) is 3. The van der Waals surface area contributed by atoms with Gasteiger partial charge in [0.05, 0.1) is 5.56 Å². The van der Waals surface area contributed by atoms with Crippen molar-refractivity contribution < 1.29 is 9.59 Å². The number of rotatable bonds is 4. The minimum Gasteiger partial charge on any atom is -0.366 e.